The van der Waals surface area contributed by atoms with E-state index in [9.17, 15) is 4.79 Å². The molecule has 0 amide bonds. The van der Waals surface area contributed by atoms with E-state index in [2.05, 4.69) is 31.2 Å². The van der Waals surface area contributed by atoms with Crippen molar-refractivity contribution >= 4 is 6.29 Å². The zero-order valence-electron chi connectivity index (χ0n) is 15.4. The van der Waals surface area contributed by atoms with Gasteiger partial charge in [0.25, 0.3) is 0 Å². The van der Waals surface area contributed by atoms with E-state index in [0.717, 1.165) is 37.0 Å². The smallest absolute Gasteiger partial charge is 0.119 e. The van der Waals surface area contributed by atoms with Gasteiger partial charge in [0.15, 0.2) is 0 Å². The van der Waals surface area contributed by atoms with Crippen molar-refractivity contribution in [2.75, 3.05) is 14.2 Å². The lowest BCUT2D eigenvalue weighted by Crippen LogP contribution is -2.11. The van der Waals surface area contributed by atoms with Crippen LogP contribution in [0.5, 0.6) is 11.5 Å². The number of aldehydes is 1. The van der Waals surface area contributed by atoms with Crippen LogP contribution in [0.4, 0.5) is 0 Å². The first-order chi connectivity index (χ1) is 12.2. The molecule has 2 unspecified atom stereocenters. The van der Waals surface area contributed by atoms with E-state index in [-0.39, 0.29) is 0 Å². The number of ether oxygens (including phenoxy) is 2. The molecule has 2 rings (SSSR count). The third-order valence-corrected chi connectivity index (χ3v) is 4.85. The summed E-state index contributed by atoms with van der Waals surface area (Å²) in [6.07, 6.45) is 4.58. The van der Waals surface area contributed by atoms with Crippen LogP contribution in [0.1, 0.15) is 55.6 Å². The minimum Gasteiger partial charge on any atom is -0.497 e. The van der Waals surface area contributed by atoms with Gasteiger partial charge in [0.2, 0.25) is 0 Å². The average Bonchev–Trinajstić information content (AvgIpc) is 2.68. The van der Waals surface area contributed by atoms with Crippen molar-refractivity contribution in [2.24, 2.45) is 0 Å². The van der Waals surface area contributed by atoms with Gasteiger partial charge in [-0.3, -0.25) is 0 Å². The summed E-state index contributed by atoms with van der Waals surface area (Å²) in [7, 11) is 3.37. The standard InChI is InChI=1S/C22H28O3/c1-4-21(17-8-12-19(24-2)13-9-17)22(7-5-6-16-23)18-10-14-20(25-3)15-11-18/h8-16,21-22H,4-7H2,1-3H3. The van der Waals surface area contributed by atoms with E-state index in [4.69, 9.17) is 9.47 Å². The van der Waals surface area contributed by atoms with E-state index in [0.29, 0.717) is 18.3 Å². The fourth-order valence-electron chi connectivity index (χ4n) is 3.48. The molecule has 0 aromatic heterocycles. The largest absolute Gasteiger partial charge is 0.497 e. The predicted molar refractivity (Wildman–Crippen MR) is 102 cm³/mol. The first-order valence-electron chi connectivity index (χ1n) is 8.95. The van der Waals surface area contributed by atoms with Crippen molar-refractivity contribution in [3.8, 4) is 11.5 Å². The molecule has 3 heteroatoms. The molecule has 0 aliphatic rings. The number of carbonyl (C=O) groups is 1. The summed E-state index contributed by atoms with van der Waals surface area (Å²) in [4.78, 5) is 10.8. The number of rotatable bonds is 10. The molecule has 0 aliphatic carbocycles. The number of hydrogen-bond acceptors (Lipinski definition) is 3. The maximum atomic E-state index is 10.8. The van der Waals surface area contributed by atoms with Gasteiger partial charge in [0.1, 0.15) is 17.8 Å². The third kappa shape index (κ3) is 5.09. The molecule has 0 radical (unpaired) electrons. The van der Waals surface area contributed by atoms with Gasteiger partial charge < -0.3 is 14.3 Å². The number of carbonyl (C=O) groups excluding carboxylic acids is 1. The first kappa shape index (κ1) is 19.0. The van der Waals surface area contributed by atoms with Gasteiger partial charge in [-0.2, -0.15) is 0 Å². The monoisotopic (exact) mass is 340 g/mol. The maximum absolute atomic E-state index is 10.8. The van der Waals surface area contributed by atoms with Crippen LogP contribution in [0.25, 0.3) is 0 Å². The van der Waals surface area contributed by atoms with Gasteiger partial charge in [0, 0.05) is 6.42 Å². The van der Waals surface area contributed by atoms with Gasteiger partial charge in [-0.05, 0) is 66.5 Å². The van der Waals surface area contributed by atoms with Gasteiger partial charge in [0.05, 0.1) is 14.2 Å². The molecule has 0 fully saturated rings. The molecule has 0 bridgehead atoms. The molecule has 2 atom stereocenters. The quantitative estimate of drug-likeness (QED) is 0.432. The van der Waals surface area contributed by atoms with Crippen LogP contribution in [-0.4, -0.2) is 20.5 Å². The zero-order valence-corrected chi connectivity index (χ0v) is 15.4. The van der Waals surface area contributed by atoms with E-state index < -0.39 is 0 Å². The minimum atomic E-state index is 0.379. The van der Waals surface area contributed by atoms with Crippen molar-refractivity contribution in [3.63, 3.8) is 0 Å². The number of methoxy groups -OCH3 is 2. The summed E-state index contributed by atoms with van der Waals surface area (Å²) < 4.78 is 10.6. The summed E-state index contributed by atoms with van der Waals surface area (Å²) in [5, 5.41) is 0. The first-order valence-corrected chi connectivity index (χ1v) is 8.95. The molecule has 0 spiro atoms. The topological polar surface area (TPSA) is 35.5 Å². The Morgan fingerprint density at radius 3 is 1.72 bits per heavy atom. The maximum Gasteiger partial charge on any atom is 0.119 e. The van der Waals surface area contributed by atoms with Gasteiger partial charge in [-0.1, -0.05) is 31.2 Å². The Labute approximate surface area is 151 Å². The minimum absolute atomic E-state index is 0.379. The van der Waals surface area contributed by atoms with Crippen LogP contribution in [0.3, 0.4) is 0 Å². The van der Waals surface area contributed by atoms with E-state index in [1.165, 1.54) is 11.1 Å². The molecule has 25 heavy (non-hydrogen) atoms. The second-order valence-electron chi connectivity index (χ2n) is 6.27. The summed E-state index contributed by atoms with van der Waals surface area (Å²) in [6.45, 7) is 2.23. The van der Waals surface area contributed by atoms with Gasteiger partial charge >= 0.3 is 0 Å². The molecule has 0 aliphatic heterocycles. The second kappa shape index (κ2) is 9.87. The van der Waals surface area contributed by atoms with Crippen LogP contribution < -0.4 is 9.47 Å². The molecule has 0 saturated heterocycles. The predicted octanol–water partition coefficient (Wildman–Crippen LogP) is 5.35. The highest BCUT2D eigenvalue weighted by atomic mass is 16.5. The van der Waals surface area contributed by atoms with Crippen LogP contribution >= 0.6 is 0 Å². The number of benzene rings is 2. The van der Waals surface area contributed by atoms with Crippen LogP contribution in [0.15, 0.2) is 48.5 Å². The Morgan fingerprint density at radius 2 is 1.32 bits per heavy atom. The van der Waals surface area contributed by atoms with Crippen LogP contribution in [0.2, 0.25) is 0 Å². The Hall–Kier alpha value is -2.29. The summed E-state index contributed by atoms with van der Waals surface area (Å²) in [5.41, 5.74) is 2.62. The molecule has 2 aromatic carbocycles. The molecule has 0 heterocycles. The van der Waals surface area contributed by atoms with Crippen LogP contribution in [0, 0.1) is 0 Å². The van der Waals surface area contributed by atoms with Crippen molar-refractivity contribution in [3.05, 3.63) is 59.7 Å². The lowest BCUT2D eigenvalue weighted by Gasteiger charge is -2.27. The Bertz CT molecular complexity index is 631. The molecule has 0 N–H and O–H groups in total. The Morgan fingerprint density at radius 1 is 0.840 bits per heavy atom. The number of unbranched alkanes of at least 4 members (excludes halogenated alkanes) is 1. The molecule has 134 valence electrons. The highest BCUT2D eigenvalue weighted by Gasteiger charge is 2.23. The molecule has 3 nitrogen and oxygen atoms in total. The summed E-state index contributed by atoms with van der Waals surface area (Å²) >= 11 is 0. The lowest BCUT2D eigenvalue weighted by atomic mass is 9.77. The third-order valence-electron chi connectivity index (χ3n) is 4.85. The van der Waals surface area contributed by atoms with Crippen molar-refractivity contribution in [2.45, 2.75) is 44.4 Å². The van der Waals surface area contributed by atoms with E-state index >= 15 is 0 Å². The lowest BCUT2D eigenvalue weighted by molar-refractivity contribution is -0.107. The average molecular weight is 340 g/mol. The fourth-order valence-corrected chi connectivity index (χ4v) is 3.48. The summed E-state index contributed by atoms with van der Waals surface area (Å²) in [5.74, 6) is 2.53. The number of hydrogen-bond donors (Lipinski definition) is 0. The Balaban J connectivity index is 2.30. The second-order valence-corrected chi connectivity index (χ2v) is 6.27. The Kier molecular flexibility index (Phi) is 7.52. The van der Waals surface area contributed by atoms with Gasteiger partial charge in [-0.15, -0.1) is 0 Å². The van der Waals surface area contributed by atoms with Crippen molar-refractivity contribution < 1.29 is 14.3 Å². The van der Waals surface area contributed by atoms with Crippen LogP contribution in [-0.2, 0) is 4.79 Å². The SMILES string of the molecule is CCC(c1ccc(OC)cc1)C(CCCC=O)c1ccc(OC)cc1. The van der Waals surface area contributed by atoms with E-state index in [1.807, 2.05) is 24.3 Å². The highest BCUT2D eigenvalue weighted by molar-refractivity contribution is 5.49. The summed E-state index contributed by atoms with van der Waals surface area (Å²) in [6, 6.07) is 16.7. The zero-order chi connectivity index (χ0) is 18.1. The fraction of sp³-hybridized carbons (Fsp3) is 0.409. The molecule has 2 aromatic rings. The highest BCUT2D eigenvalue weighted by Crippen LogP contribution is 2.40. The van der Waals surface area contributed by atoms with Gasteiger partial charge in [-0.25, -0.2) is 0 Å². The van der Waals surface area contributed by atoms with E-state index in [1.54, 1.807) is 14.2 Å². The molecular weight excluding hydrogens is 312 g/mol. The van der Waals surface area contributed by atoms with Crippen molar-refractivity contribution in [1.29, 1.82) is 0 Å². The molecular formula is C22H28O3. The normalized spacial score (nSPS) is 13.1. The molecule has 0 saturated carbocycles. The van der Waals surface area contributed by atoms with Crippen molar-refractivity contribution in [1.82, 2.24) is 0 Å².